The van der Waals surface area contributed by atoms with Crippen molar-refractivity contribution in [3.8, 4) is 0 Å². The van der Waals surface area contributed by atoms with Crippen LogP contribution in [0.15, 0.2) is 48.7 Å². The van der Waals surface area contributed by atoms with E-state index in [-0.39, 0.29) is 12.8 Å². The number of fused-ring (bicyclic) bond motifs is 1. The van der Waals surface area contributed by atoms with Gasteiger partial charge in [0.25, 0.3) is 10.1 Å². The number of hydrogen-bond acceptors (Lipinski definition) is 4. The van der Waals surface area contributed by atoms with Crippen molar-refractivity contribution in [2.24, 2.45) is 0 Å². The Morgan fingerprint density at radius 3 is 2.28 bits per heavy atom. The van der Waals surface area contributed by atoms with Crippen LogP contribution >= 0.6 is 0 Å². The summed E-state index contributed by atoms with van der Waals surface area (Å²) >= 11 is 0. The van der Waals surface area contributed by atoms with Gasteiger partial charge < -0.3 is 4.98 Å². The van der Waals surface area contributed by atoms with Gasteiger partial charge in [0, 0.05) is 17.5 Å². The van der Waals surface area contributed by atoms with Crippen LogP contribution in [0, 0.1) is 0 Å². The molecule has 7 nitrogen and oxygen atoms in total. The third-order valence-electron chi connectivity index (χ3n) is 4.95. The minimum atomic E-state index is -4.49. The molecule has 3 rings (SSSR count). The number of hydrogen-bond donors (Lipinski definition) is 3. The molecule has 3 N–H and O–H groups in total. The molecule has 1 aromatic heterocycles. The van der Waals surface area contributed by atoms with E-state index in [0.717, 1.165) is 18.4 Å². The van der Waals surface area contributed by atoms with Gasteiger partial charge in [0.05, 0.1) is 28.8 Å². The molecule has 32 heavy (non-hydrogen) atoms. The maximum atomic E-state index is 13.0. The second kappa shape index (κ2) is 8.75. The lowest BCUT2D eigenvalue weighted by molar-refractivity contribution is -0.137. The molecule has 3 aromatic rings. The Balaban J connectivity index is 2.05. The van der Waals surface area contributed by atoms with Crippen molar-refractivity contribution >= 4 is 36.7 Å². The molecule has 0 aliphatic heterocycles. The summed E-state index contributed by atoms with van der Waals surface area (Å²) in [6.45, 7) is 0. The van der Waals surface area contributed by atoms with Gasteiger partial charge in [-0.05, 0) is 42.2 Å². The number of benzene rings is 2. The Bertz CT molecular complexity index is 1320. The number of alkyl halides is 3. The number of sulfonamides is 1. The molecule has 0 aliphatic rings. The van der Waals surface area contributed by atoms with Crippen LogP contribution in [-0.4, -0.2) is 38.4 Å². The standard InChI is InChI=1S/C20H21F3N2O5S2/c1-31(26,27)25-18-6-2-4-16-17(12-24-19(16)18)15(5-3-11-32(28,29)30)13-7-9-14(10-8-13)20(21,22)23/h2,4,6-10,12,15,24-25H,3,5,11H2,1H3,(H,28,29,30). The summed E-state index contributed by atoms with van der Waals surface area (Å²) in [5, 5.41) is 0.635. The average Bonchev–Trinajstić information content (AvgIpc) is 3.08. The second-order valence-electron chi connectivity index (χ2n) is 7.45. The highest BCUT2D eigenvalue weighted by molar-refractivity contribution is 7.92. The Kier molecular flexibility index (Phi) is 6.59. The van der Waals surface area contributed by atoms with Gasteiger partial charge in [-0.2, -0.15) is 21.6 Å². The Morgan fingerprint density at radius 2 is 1.72 bits per heavy atom. The first-order valence-electron chi connectivity index (χ1n) is 9.45. The molecule has 0 saturated heterocycles. The summed E-state index contributed by atoms with van der Waals surface area (Å²) in [5.74, 6) is -0.992. The minimum absolute atomic E-state index is 0.0679. The molecule has 0 amide bonds. The number of aromatic nitrogens is 1. The van der Waals surface area contributed by atoms with Crippen LogP contribution in [0.1, 0.15) is 35.4 Å². The van der Waals surface area contributed by atoms with E-state index in [1.54, 1.807) is 24.4 Å². The molecule has 0 aliphatic carbocycles. The van der Waals surface area contributed by atoms with Crippen molar-refractivity contribution in [2.45, 2.75) is 24.9 Å². The number of nitrogens with one attached hydrogen (secondary N) is 2. The third-order valence-corrected chi connectivity index (χ3v) is 6.35. The largest absolute Gasteiger partial charge is 0.416 e. The predicted molar refractivity (Wildman–Crippen MR) is 116 cm³/mol. The summed E-state index contributed by atoms with van der Waals surface area (Å²) in [7, 11) is -7.75. The van der Waals surface area contributed by atoms with Crippen LogP contribution in [0.2, 0.25) is 0 Å². The van der Waals surface area contributed by atoms with Crippen LogP contribution in [0.25, 0.3) is 10.9 Å². The molecular formula is C20H21F3N2O5S2. The summed E-state index contributed by atoms with van der Waals surface area (Å²) in [5.41, 5.74) is 1.17. The van der Waals surface area contributed by atoms with E-state index in [4.69, 9.17) is 4.55 Å². The Labute approximate surface area is 183 Å². The van der Waals surface area contributed by atoms with Crippen molar-refractivity contribution in [1.82, 2.24) is 4.98 Å². The molecule has 1 unspecified atom stereocenters. The van der Waals surface area contributed by atoms with Gasteiger partial charge in [0.2, 0.25) is 10.0 Å². The van der Waals surface area contributed by atoms with E-state index < -0.39 is 43.6 Å². The highest BCUT2D eigenvalue weighted by atomic mass is 32.2. The zero-order valence-corrected chi connectivity index (χ0v) is 18.5. The summed E-state index contributed by atoms with van der Waals surface area (Å²) in [4.78, 5) is 3.00. The second-order valence-corrected chi connectivity index (χ2v) is 10.8. The van der Waals surface area contributed by atoms with Crippen LogP contribution in [0.5, 0.6) is 0 Å². The fourth-order valence-electron chi connectivity index (χ4n) is 3.63. The highest BCUT2D eigenvalue weighted by Crippen LogP contribution is 2.38. The fourth-order valence-corrected chi connectivity index (χ4v) is 4.73. The van der Waals surface area contributed by atoms with E-state index in [1.165, 1.54) is 12.1 Å². The summed E-state index contributed by atoms with van der Waals surface area (Å²) in [6, 6.07) is 9.50. The van der Waals surface area contributed by atoms with Gasteiger partial charge in [-0.15, -0.1) is 0 Å². The van der Waals surface area contributed by atoms with Crippen molar-refractivity contribution in [1.29, 1.82) is 0 Å². The van der Waals surface area contributed by atoms with E-state index >= 15 is 0 Å². The van der Waals surface area contributed by atoms with Gasteiger partial charge >= 0.3 is 6.18 Å². The van der Waals surface area contributed by atoms with Crippen LogP contribution in [0.4, 0.5) is 18.9 Å². The number of aromatic amines is 1. The fraction of sp³-hybridized carbons (Fsp3) is 0.300. The van der Waals surface area contributed by atoms with E-state index in [1.807, 2.05) is 0 Å². The predicted octanol–water partition coefficient (Wildman–Crippen LogP) is 4.36. The van der Waals surface area contributed by atoms with E-state index in [9.17, 15) is 30.0 Å². The number of H-pyrrole nitrogens is 1. The lowest BCUT2D eigenvalue weighted by atomic mass is 9.87. The zero-order chi connectivity index (χ0) is 23.7. The molecule has 12 heteroatoms. The topological polar surface area (TPSA) is 116 Å². The zero-order valence-electron chi connectivity index (χ0n) is 16.8. The van der Waals surface area contributed by atoms with Gasteiger partial charge in [-0.25, -0.2) is 8.42 Å². The Hall–Kier alpha value is -2.57. The summed E-state index contributed by atoms with van der Waals surface area (Å²) < 4.78 is 95.9. The number of anilines is 1. The van der Waals surface area contributed by atoms with Crippen molar-refractivity contribution < 1.29 is 34.6 Å². The van der Waals surface area contributed by atoms with Crippen LogP contribution < -0.4 is 4.72 Å². The molecule has 0 spiro atoms. The van der Waals surface area contributed by atoms with Gasteiger partial charge in [0.15, 0.2) is 0 Å². The smallest absolute Gasteiger partial charge is 0.359 e. The third kappa shape index (κ3) is 6.02. The van der Waals surface area contributed by atoms with Crippen molar-refractivity contribution in [3.63, 3.8) is 0 Å². The van der Waals surface area contributed by atoms with Crippen molar-refractivity contribution in [2.75, 3.05) is 16.7 Å². The monoisotopic (exact) mass is 490 g/mol. The van der Waals surface area contributed by atoms with E-state index in [2.05, 4.69) is 9.71 Å². The van der Waals surface area contributed by atoms with Crippen molar-refractivity contribution in [3.05, 3.63) is 65.4 Å². The lowest BCUT2D eigenvalue weighted by Gasteiger charge is -2.18. The first-order chi connectivity index (χ1) is 14.7. The normalized spacial score (nSPS) is 13.9. The maximum Gasteiger partial charge on any atom is 0.416 e. The molecule has 0 radical (unpaired) electrons. The molecule has 0 bridgehead atoms. The van der Waals surface area contributed by atoms with E-state index in [0.29, 0.717) is 27.7 Å². The van der Waals surface area contributed by atoms with Crippen LogP contribution in [0.3, 0.4) is 0 Å². The molecule has 0 saturated carbocycles. The highest BCUT2D eigenvalue weighted by Gasteiger charge is 2.30. The molecule has 2 aromatic carbocycles. The molecule has 1 heterocycles. The molecule has 0 fully saturated rings. The molecule has 1 atom stereocenters. The lowest BCUT2D eigenvalue weighted by Crippen LogP contribution is -2.10. The van der Waals surface area contributed by atoms with Gasteiger partial charge in [-0.1, -0.05) is 24.3 Å². The number of para-hydroxylation sites is 1. The van der Waals surface area contributed by atoms with Gasteiger partial charge in [0.1, 0.15) is 0 Å². The average molecular weight is 491 g/mol. The molecular weight excluding hydrogens is 469 g/mol. The molecule has 174 valence electrons. The number of halogens is 3. The maximum absolute atomic E-state index is 13.0. The SMILES string of the molecule is CS(=O)(=O)Nc1cccc2c(C(CCCS(=O)(=O)O)c3ccc(C(F)(F)F)cc3)c[nH]c12. The van der Waals surface area contributed by atoms with Gasteiger partial charge in [-0.3, -0.25) is 9.27 Å². The number of rotatable bonds is 8. The van der Waals surface area contributed by atoms with Crippen LogP contribution in [-0.2, 0) is 26.3 Å². The first-order valence-corrected chi connectivity index (χ1v) is 12.9. The Morgan fingerprint density at radius 1 is 1.06 bits per heavy atom. The summed E-state index contributed by atoms with van der Waals surface area (Å²) in [6.07, 6.45) is -1.57. The quantitative estimate of drug-likeness (QED) is 0.406. The first kappa shape index (κ1) is 24.1. The minimum Gasteiger partial charge on any atom is -0.359 e.